The molecule has 4 nitrogen and oxygen atoms in total. The van der Waals surface area contributed by atoms with E-state index >= 15 is 0 Å². The van der Waals surface area contributed by atoms with Crippen LogP contribution in [0.5, 0.6) is 5.75 Å². The number of thiophene rings is 1. The molecule has 0 bridgehead atoms. The molecule has 2 aromatic heterocycles. The normalized spacial score (nSPS) is 12.6. The van der Waals surface area contributed by atoms with Crippen molar-refractivity contribution >= 4 is 28.8 Å². The molecule has 0 radical (unpaired) electrons. The molecule has 0 fully saturated rings. The third-order valence-corrected chi connectivity index (χ3v) is 6.03. The third kappa shape index (κ3) is 3.28. The summed E-state index contributed by atoms with van der Waals surface area (Å²) < 4.78 is 8.65. The smallest absolute Gasteiger partial charge is 0.133 e. The van der Waals surface area contributed by atoms with Crippen LogP contribution in [0.1, 0.15) is 11.1 Å². The van der Waals surface area contributed by atoms with Crippen molar-refractivity contribution in [3.63, 3.8) is 0 Å². The lowest BCUT2D eigenvalue weighted by molar-refractivity contribution is 0.306. The van der Waals surface area contributed by atoms with Gasteiger partial charge in [0.25, 0.3) is 0 Å². The molecule has 0 aliphatic carbocycles. The first kappa shape index (κ1) is 17.3. The minimum atomic E-state index is 0.558. The van der Waals surface area contributed by atoms with Gasteiger partial charge >= 0.3 is 0 Å². The van der Waals surface area contributed by atoms with Crippen LogP contribution < -0.4 is 10.1 Å². The molecule has 1 N–H and O–H groups in total. The van der Waals surface area contributed by atoms with Gasteiger partial charge in [0.2, 0.25) is 0 Å². The molecule has 0 atom stereocenters. The zero-order valence-corrected chi connectivity index (χ0v) is 16.6. The molecule has 0 saturated carbocycles. The summed E-state index contributed by atoms with van der Waals surface area (Å²) in [6, 6.07) is 22.2. The predicted octanol–water partition coefficient (Wildman–Crippen LogP) is 5.80. The number of nitrogens with zero attached hydrogens (tertiary/aromatic N) is 2. The lowest BCUT2D eigenvalue weighted by atomic mass is 10.2. The Bertz CT molecular complexity index is 1100. The molecule has 0 saturated heterocycles. The van der Waals surface area contributed by atoms with Crippen molar-refractivity contribution in [1.29, 1.82) is 0 Å². The second kappa shape index (κ2) is 7.34. The van der Waals surface area contributed by atoms with Crippen molar-refractivity contribution in [2.75, 3.05) is 11.9 Å². The average Bonchev–Trinajstić information content (AvgIpc) is 3.44. The molecule has 6 heteroatoms. The van der Waals surface area contributed by atoms with Gasteiger partial charge in [0.15, 0.2) is 0 Å². The number of halogens is 1. The van der Waals surface area contributed by atoms with E-state index in [1.165, 1.54) is 5.56 Å². The van der Waals surface area contributed by atoms with Crippen molar-refractivity contribution in [3.05, 3.63) is 82.2 Å². The van der Waals surface area contributed by atoms with E-state index in [9.17, 15) is 0 Å². The van der Waals surface area contributed by atoms with Gasteiger partial charge in [0.1, 0.15) is 23.9 Å². The van der Waals surface area contributed by atoms with Crippen LogP contribution in [0.3, 0.4) is 0 Å². The Hall–Kier alpha value is -2.76. The maximum Gasteiger partial charge on any atom is 0.133 e. The van der Waals surface area contributed by atoms with E-state index in [0.717, 1.165) is 50.7 Å². The van der Waals surface area contributed by atoms with E-state index < -0.39 is 0 Å². The van der Waals surface area contributed by atoms with Crippen LogP contribution in [0, 0.1) is 0 Å². The van der Waals surface area contributed by atoms with Crippen molar-refractivity contribution < 1.29 is 4.74 Å². The van der Waals surface area contributed by atoms with Gasteiger partial charge in [-0.15, -0.1) is 11.3 Å². The lowest BCUT2D eigenvalue weighted by Crippen LogP contribution is -2.04. The molecule has 140 valence electrons. The first-order chi connectivity index (χ1) is 13.8. The minimum Gasteiger partial charge on any atom is -0.489 e. The number of benzene rings is 2. The SMILES string of the molecule is Clc1ccc(-c2nn(-c3ccc(OCc4ccccc4)cc3)c3c2CCN3)s1. The van der Waals surface area contributed by atoms with Crippen LogP contribution in [-0.4, -0.2) is 16.3 Å². The van der Waals surface area contributed by atoms with Gasteiger partial charge in [0, 0.05) is 12.1 Å². The number of hydrogen-bond acceptors (Lipinski definition) is 4. The highest BCUT2D eigenvalue weighted by Crippen LogP contribution is 2.38. The Morgan fingerprint density at radius 2 is 1.86 bits per heavy atom. The maximum absolute atomic E-state index is 6.13. The summed E-state index contributed by atoms with van der Waals surface area (Å²) in [6.45, 7) is 1.49. The number of rotatable bonds is 5. The van der Waals surface area contributed by atoms with Crippen LogP contribution in [0.2, 0.25) is 4.34 Å². The molecule has 5 rings (SSSR count). The zero-order valence-electron chi connectivity index (χ0n) is 15.1. The monoisotopic (exact) mass is 407 g/mol. The number of fused-ring (bicyclic) bond motifs is 1. The van der Waals surface area contributed by atoms with Gasteiger partial charge in [-0.3, -0.25) is 0 Å². The topological polar surface area (TPSA) is 39.1 Å². The van der Waals surface area contributed by atoms with E-state index in [1.807, 2.05) is 59.3 Å². The Balaban J connectivity index is 1.41. The fraction of sp³-hybridized carbons (Fsp3) is 0.136. The highest BCUT2D eigenvalue weighted by atomic mass is 35.5. The van der Waals surface area contributed by atoms with Gasteiger partial charge in [-0.1, -0.05) is 41.9 Å². The zero-order chi connectivity index (χ0) is 18.9. The number of anilines is 1. The van der Waals surface area contributed by atoms with E-state index in [-0.39, 0.29) is 0 Å². The van der Waals surface area contributed by atoms with Gasteiger partial charge in [-0.05, 0) is 48.4 Å². The summed E-state index contributed by atoms with van der Waals surface area (Å²) in [7, 11) is 0. The molecule has 4 aromatic rings. The summed E-state index contributed by atoms with van der Waals surface area (Å²) >= 11 is 7.69. The van der Waals surface area contributed by atoms with E-state index in [0.29, 0.717) is 6.61 Å². The van der Waals surface area contributed by atoms with Crippen molar-refractivity contribution in [3.8, 4) is 22.0 Å². The molecule has 0 spiro atoms. The molecule has 0 unspecified atom stereocenters. The van der Waals surface area contributed by atoms with Crippen LogP contribution in [0.25, 0.3) is 16.3 Å². The Labute approximate surface area is 172 Å². The summed E-state index contributed by atoms with van der Waals surface area (Å²) in [6.07, 6.45) is 0.971. The Morgan fingerprint density at radius 1 is 1.04 bits per heavy atom. The number of hydrogen-bond donors (Lipinski definition) is 1. The van der Waals surface area contributed by atoms with Gasteiger partial charge in [-0.2, -0.15) is 5.10 Å². The predicted molar refractivity (Wildman–Crippen MR) is 115 cm³/mol. The summed E-state index contributed by atoms with van der Waals surface area (Å²) in [5.74, 6) is 1.91. The van der Waals surface area contributed by atoms with Gasteiger partial charge < -0.3 is 10.1 Å². The number of ether oxygens (including phenoxy) is 1. The standard InChI is InChI=1S/C22H18ClN3OS/c23-20-11-10-19(28-20)21-18-12-13-24-22(18)26(25-21)16-6-8-17(9-7-16)27-14-15-4-2-1-3-5-15/h1-11,24H,12-14H2. The second-order valence-corrected chi connectivity index (χ2v) is 8.35. The fourth-order valence-corrected chi connectivity index (χ4v) is 4.48. The Morgan fingerprint density at radius 3 is 2.61 bits per heavy atom. The molecule has 1 aliphatic heterocycles. The molecular weight excluding hydrogens is 390 g/mol. The summed E-state index contributed by atoms with van der Waals surface area (Å²) in [4.78, 5) is 1.10. The first-order valence-corrected chi connectivity index (χ1v) is 10.4. The van der Waals surface area contributed by atoms with Gasteiger partial charge in [0.05, 0.1) is 14.9 Å². The van der Waals surface area contributed by atoms with Crippen LogP contribution in [0.4, 0.5) is 5.82 Å². The molecule has 1 aliphatic rings. The number of aromatic nitrogens is 2. The molecule has 0 amide bonds. The highest BCUT2D eigenvalue weighted by molar-refractivity contribution is 7.19. The van der Waals surface area contributed by atoms with Crippen molar-refractivity contribution in [1.82, 2.24) is 9.78 Å². The Kier molecular flexibility index (Phi) is 4.55. The van der Waals surface area contributed by atoms with Crippen LogP contribution >= 0.6 is 22.9 Å². The van der Waals surface area contributed by atoms with Gasteiger partial charge in [-0.25, -0.2) is 4.68 Å². The summed E-state index contributed by atoms with van der Waals surface area (Å²) in [5.41, 5.74) is 4.43. The van der Waals surface area contributed by atoms with Crippen LogP contribution in [0.15, 0.2) is 66.7 Å². The largest absolute Gasteiger partial charge is 0.489 e. The van der Waals surface area contributed by atoms with Crippen LogP contribution in [-0.2, 0) is 13.0 Å². The van der Waals surface area contributed by atoms with E-state index in [1.54, 1.807) is 11.3 Å². The molecule has 28 heavy (non-hydrogen) atoms. The highest BCUT2D eigenvalue weighted by Gasteiger charge is 2.24. The fourth-order valence-electron chi connectivity index (χ4n) is 3.43. The lowest BCUT2D eigenvalue weighted by Gasteiger charge is -2.09. The minimum absolute atomic E-state index is 0.558. The van der Waals surface area contributed by atoms with E-state index in [2.05, 4.69) is 17.4 Å². The second-order valence-electron chi connectivity index (χ2n) is 6.64. The summed E-state index contributed by atoms with van der Waals surface area (Å²) in [5, 5.41) is 8.34. The van der Waals surface area contributed by atoms with E-state index in [4.69, 9.17) is 21.4 Å². The van der Waals surface area contributed by atoms with Crippen molar-refractivity contribution in [2.24, 2.45) is 0 Å². The molecule has 3 heterocycles. The third-order valence-electron chi connectivity index (χ3n) is 4.79. The average molecular weight is 408 g/mol. The quantitative estimate of drug-likeness (QED) is 0.454. The molecular formula is C22H18ClN3OS. The number of nitrogens with one attached hydrogen (secondary N) is 1. The molecule has 2 aromatic carbocycles. The first-order valence-electron chi connectivity index (χ1n) is 9.16. The van der Waals surface area contributed by atoms with Crippen molar-refractivity contribution in [2.45, 2.75) is 13.0 Å². The maximum atomic E-state index is 6.13.